The molecule has 0 saturated carbocycles. The van der Waals surface area contributed by atoms with Crippen LogP contribution in [0.15, 0.2) is 64.0 Å². The summed E-state index contributed by atoms with van der Waals surface area (Å²) in [5.41, 5.74) is 0.340. The number of benzene rings is 2. The molecule has 0 unspecified atom stereocenters. The van der Waals surface area contributed by atoms with E-state index in [0.717, 1.165) is 12.1 Å². The third-order valence-corrected chi connectivity index (χ3v) is 4.75. The predicted molar refractivity (Wildman–Crippen MR) is 92.8 cm³/mol. The summed E-state index contributed by atoms with van der Waals surface area (Å²) in [6.45, 7) is 1.68. The summed E-state index contributed by atoms with van der Waals surface area (Å²) >= 11 is 0. The van der Waals surface area contributed by atoms with Crippen LogP contribution in [-0.4, -0.2) is 19.5 Å². The molecule has 9 heteroatoms. The maximum Gasteiger partial charge on any atom is 0.261 e. The maximum absolute atomic E-state index is 12.9. The number of hydrogen-bond donors (Lipinski definition) is 2. The Kier molecular flexibility index (Phi) is 4.72. The van der Waals surface area contributed by atoms with Crippen LogP contribution in [0.1, 0.15) is 16.1 Å². The van der Waals surface area contributed by atoms with Crippen molar-refractivity contribution < 1.29 is 22.1 Å². The number of nitrogens with zero attached hydrogens (tertiary/aromatic N) is 1. The summed E-state index contributed by atoms with van der Waals surface area (Å²) in [7, 11) is -3.94. The van der Waals surface area contributed by atoms with Crippen molar-refractivity contribution in [3.8, 4) is 0 Å². The number of halogens is 1. The molecule has 1 aromatic heterocycles. The molecule has 0 aliphatic heterocycles. The quantitative estimate of drug-likeness (QED) is 0.713. The standard InChI is InChI=1S/C17H14FN3O4S/c1-11-9-16(20-25-11)19-17(22)12-3-2-4-15(10-12)26(23,24)21-14-7-5-13(18)6-8-14/h2-10,21H,1H3,(H,19,20,22). The van der Waals surface area contributed by atoms with E-state index in [0.29, 0.717) is 5.76 Å². The molecule has 1 amide bonds. The van der Waals surface area contributed by atoms with Gasteiger partial charge >= 0.3 is 0 Å². The minimum atomic E-state index is -3.94. The van der Waals surface area contributed by atoms with Gasteiger partial charge < -0.3 is 9.84 Å². The number of carbonyl (C=O) groups excluding carboxylic acids is 1. The molecule has 2 aromatic carbocycles. The molecule has 2 N–H and O–H groups in total. The fourth-order valence-electron chi connectivity index (χ4n) is 2.15. The maximum atomic E-state index is 12.9. The van der Waals surface area contributed by atoms with E-state index >= 15 is 0 Å². The zero-order valence-corrected chi connectivity index (χ0v) is 14.4. The number of nitrogens with one attached hydrogen (secondary N) is 2. The van der Waals surface area contributed by atoms with Crippen molar-refractivity contribution in [2.75, 3.05) is 10.0 Å². The Morgan fingerprint density at radius 1 is 1.12 bits per heavy atom. The van der Waals surface area contributed by atoms with Crippen molar-refractivity contribution in [1.29, 1.82) is 0 Å². The van der Waals surface area contributed by atoms with E-state index in [2.05, 4.69) is 15.2 Å². The van der Waals surface area contributed by atoms with Crippen LogP contribution in [0.3, 0.4) is 0 Å². The lowest BCUT2D eigenvalue weighted by atomic mass is 10.2. The van der Waals surface area contributed by atoms with Crippen LogP contribution >= 0.6 is 0 Å². The molecule has 0 saturated heterocycles. The average molecular weight is 375 g/mol. The molecule has 7 nitrogen and oxygen atoms in total. The molecule has 0 spiro atoms. The number of aromatic nitrogens is 1. The van der Waals surface area contributed by atoms with Crippen molar-refractivity contribution in [1.82, 2.24) is 5.16 Å². The number of sulfonamides is 1. The topological polar surface area (TPSA) is 101 Å². The molecular formula is C17H14FN3O4S. The average Bonchev–Trinajstić information content (AvgIpc) is 3.02. The van der Waals surface area contributed by atoms with Gasteiger partial charge in [0.1, 0.15) is 11.6 Å². The first-order valence-electron chi connectivity index (χ1n) is 7.47. The third-order valence-electron chi connectivity index (χ3n) is 3.37. The molecule has 0 aliphatic carbocycles. The molecule has 0 atom stereocenters. The Hall–Kier alpha value is -3.20. The van der Waals surface area contributed by atoms with Gasteiger partial charge in [-0.1, -0.05) is 11.2 Å². The van der Waals surface area contributed by atoms with Crippen LogP contribution in [0.2, 0.25) is 0 Å². The number of anilines is 2. The summed E-state index contributed by atoms with van der Waals surface area (Å²) in [5, 5.41) is 6.16. The van der Waals surface area contributed by atoms with Crippen molar-refractivity contribution in [3.05, 3.63) is 71.7 Å². The summed E-state index contributed by atoms with van der Waals surface area (Å²) in [5.74, 6) is -0.253. The molecule has 3 aromatic rings. The highest BCUT2D eigenvalue weighted by molar-refractivity contribution is 7.92. The number of amides is 1. The van der Waals surface area contributed by atoms with Gasteiger partial charge in [-0.25, -0.2) is 12.8 Å². The van der Waals surface area contributed by atoms with Gasteiger partial charge in [0.2, 0.25) is 0 Å². The van der Waals surface area contributed by atoms with E-state index in [1.807, 2.05) is 0 Å². The van der Waals surface area contributed by atoms with E-state index in [9.17, 15) is 17.6 Å². The highest BCUT2D eigenvalue weighted by Crippen LogP contribution is 2.18. The van der Waals surface area contributed by atoms with Crippen molar-refractivity contribution >= 4 is 27.4 Å². The largest absolute Gasteiger partial charge is 0.360 e. The molecule has 26 heavy (non-hydrogen) atoms. The van der Waals surface area contributed by atoms with Crippen LogP contribution in [0.4, 0.5) is 15.9 Å². The molecular weight excluding hydrogens is 361 g/mol. The van der Waals surface area contributed by atoms with Crippen molar-refractivity contribution in [2.45, 2.75) is 11.8 Å². The first-order chi connectivity index (χ1) is 12.3. The van der Waals surface area contributed by atoms with Gasteiger partial charge in [-0.2, -0.15) is 0 Å². The van der Waals surface area contributed by atoms with Gasteiger partial charge in [-0.15, -0.1) is 0 Å². The third kappa shape index (κ3) is 4.06. The molecule has 0 aliphatic rings. The Morgan fingerprint density at radius 2 is 1.85 bits per heavy atom. The van der Waals surface area contributed by atoms with Gasteiger partial charge in [0, 0.05) is 17.3 Å². The number of carbonyl (C=O) groups is 1. The van der Waals surface area contributed by atoms with E-state index < -0.39 is 21.7 Å². The smallest absolute Gasteiger partial charge is 0.261 e. The first-order valence-corrected chi connectivity index (χ1v) is 8.95. The van der Waals surface area contributed by atoms with E-state index in [4.69, 9.17) is 4.52 Å². The zero-order chi connectivity index (χ0) is 18.7. The normalized spacial score (nSPS) is 11.2. The SMILES string of the molecule is Cc1cc(NC(=O)c2cccc(S(=O)(=O)Nc3ccc(F)cc3)c2)no1. The molecule has 0 bridgehead atoms. The number of hydrogen-bond acceptors (Lipinski definition) is 5. The summed E-state index contributed by atoms with van der Waals surface area (Å²) in [6.07, 6.45) is 0. The lowest BCUT2D eigenvalue weighted by Gasteiger charge is -2.09. The van der Waals surface area contributed by atoms with Gasteiger partial charge in [-0.05, 0) is 49.4 Å². The van der Waals surface area contributed by atoms with Crippen LogP contribution < -0.4 is 10.0 Å². The Labute approximate surface area is 148 Å². The fourth-order valence-corrected chi connectivity index (χ4v) is 3.25. The van der Waals surface area contributed by atoms with Gasteiger partial charge in [0.05, 0.1) is 4.90 Å². The second-order valence-corrected chi connectivity index (χ2v) is 7.10. The van der Waals surface area contributed by atoms with Crippen LogP contribution in [0.25, 0.3) is 0 Å². The van der Waals surface area contributed by atoms with Crippen LogP contribution in [0, 0.1) is 12.7 Å². The molecule has 0 radical (unpaired) electrons. The Morgan fingerprint density at radius 3 is 2.50 bits per heavy atom. The van der Waals surface area contributed by atoms with Gasteiger partial charge in [0.15, 0.2) is 5.82 Å². The van der Waals surface area contributed by atoms with Gasteiger partial charge in [-0.3, -0.25) is 9.52 Å². The lowest BCUT2D eigenvalue weighted by Crippen LogP contribution is -2.16. The van der Waals surface area contributed by atoms with E-state index in [-0.39, 0.29) is 22.0 Å². The highest BCUT2D eigenvalue weighted by Gasteiger charge is 2.17. The summed E-state index contributed by atoms with van der Waals surface area (Å²) < 4.78 is 45.0. The summed E-state index contributed by atoms with van der Waals surface area (Å²) in [4.78, 5) is 12.1. The molecule has 134 valence electrons. The minimum Gasteiger partial charge on any atom is -0.360 e. The summed E-state index contributed by atoms with van der Waals surface area (Å²) in [6, 6.07) is 11.9. The highest BCUT2D eigenvalue weighted by atomic mass is 32.2. The van der Waals surface area contributed by atoms with Crippen LogP contribution in [0.5, 0.6) is 0 Å². The van der Waals surface area contributed by atoms with E-state index in [1.54, 1.807) is 6.92 Å². The number of rotatable bonds is 5. The molecule has 3 rings (SSSR count). The zero-order valence-electron chi connectivity index (χ0n) is 13.6. The second-order valence-electron chi connectivity index (χ2n) is 5.42. The minimum absolute atomic E-state index is 0.106. The Balaban J connectivity index is 1.81. The lowest BCUT2D eigenvalue weighted by molar-refractivity contribution is 0.102. The van der Waals surface area contributed by atoms with Crippen molar-refractivity contribution in [3.63, 3.8) is 0 Å². The molecule has 0 fully saturated rings. The van der Waals surface area contributed by atoms with Crippen molar-refractivity contribution in [2.24, 2.45) is 0 Å². The Bertz CT molecular complexity index is 1050. The monoisotopic (exact) mass is 375 g/mol. The molecule has 1 heterocycles. The van der Waals surface area contributed by atoms with E-state index in [1.165, 1.54) is 42.5 Å². The number of aryl methyl sites for hydroxylation is 1. The predicted octanol–water partition coefficient (Wildman–Crippen LogP) is 3.18. The van der Waals surface area contributed by atoms with Crippen LogP contribution in [-0.2, 0) is 10.0 Å². The fraction of sp³-hybridized carbons (Fsp3) is 0.0588. The first kappa shape index (κ1) is 17.6. The second kappa shape index (κ2) is 6.96. The van der Waals surface area contributed by atoms with Gasteiger partial charge in [0.25, 0.3) is 15.9 Å².